The van der Waals surface area contributed by atoms with E-state index in [0.29, 0.717) is 0 Å². The highest BCUT2D eigenvalue weighted by Crippen LogP contribution is 2.12. The predicted octanol–water partition coefficient (Wildman–Crippen LogP) is 0.638. The number of nitrogens with one attached hydrogen (secondary N) is 1. The van der Waals surface area contributed by atoms with E-state index in [1.54, 1.807) is 20.8 Å². The molecule has 1 amide bonds. The quantitative estimate of drug-likeness (QED) is 0.684. The number of hydrogen-bond acceptors (Lipinski definition) is 3. The second-order valence-corrected chi connectivity index (χ2v) is 4.18. The summed E-state index contributed by atoms with van der Waals surface area (Å²) in [4.78, 5) is 21.8. The molecule has 0 radical (unpaired) electrons. The third-order valence-corrected chi connectivity index (χ3v) is 2.17. The van der Waals surface area contributed by atoms with Gasteiger partial charge in [-0.1, -0.05) is 6.92 Å². The lowest BCUT2D eigenvalue weighted by Crippen LogP contribution is -2.36. The van der Waals surface area contributed by atoms with Gasteiger partial charge in [0.2, 0.25) is 5.91 Å². The van der Waals surface area contributed by atoms with E-state index in [-0.39, 0.29) is 18.9 Å². The van der Waals surface area contributed by atoms with Gasteiger partial charge < -0.3 is 15.2 Å². The normalized spacial score (nSPS) is 13.3. The zero-order valence-corrected chi connectivity index (χ0v) is 9.66. The number of ether oxygens (including phenoxy) is 1. The lowest BCUT2D eigenvalue weighted by Gasteiger charge is -2.22. The van der Waals surface area contributed by atoms with E-state index in [1.807, 2.05) is 0 Å². The average molecular weight is 217 g/mol. The van der Waals surface area contributed by atoms with Crippen LogP contribution in [0.4, 0.5) is 0 Å². The summed E-state index contributed by atoms with van der Waals surface area (Å²) in [5.41, 5.74) is -0.517. The summed E-state index contributed by atoms with van der Waals surface area (Å²) in [6.45, 7) is 5.29. The van der Waals surface area contributed by atoms with Crippen molar-refractivity contribution in [1.82, 2.24) is 5.32 Å². The van der Waals surface area contributed by atoms with Crippen molar-refractivity contribution >= 4 is 11.9 Å². The minimum absolute atomic E-state index is 0.147. The Morgan fingerprint density at radius 3 is 2.40 bits per heavy atom. The SMILES string of the molecule is COC(C)(C)CC(=O)NCC(C)C(=O)O. The molecular formula is C10H19NO4. The highest BCUT2D eigenvalue weighted by molar-refractivity contribution is 5.78. The predicted molar refractivity (Wildman–Crippen MR) is 55.5 cm³/mol. The van der Waals surface area contributed by atoms with Gasteiger partial charge in [-0.05, 0) is 13.8 Å². The van der Waals surface area contributed by atoms with Crippen LogP contribution in [0.1, 0.15) is 27.2 Å². The van der Waals surface area contributed by atoms with Gasteiger partial charge in [-0.3, -0.25) is 9.59 Å². The van der Waals surface area contributed by atoms with Crippen LogP contribution in [0.15, 0.2) is 0 Å². The molecule has 2 N–H and O–H groups in total. The highest BCUT2D eigenvalue weighted by atomic mass is 16.5. The molecule has 0 spiro atoms. The Hall–Kier alpha value is -1.10. The first-order valence-electron chi connectivity index (χ1n) is 4.83. The topological polar surface area (TPSA) is 75.6 Å². The fraction of sp³-hybridized carbons (Fsp3) is 0.800. The molecule has 15 heavy (non-hydrogen) atoms. The first kappa shape index (κ1) is 13.9. The third kappa shape index (κ3) is 6.06. The number of hydrogen-bond donors (Lipinski definition) is 2. The van der Waals surface area contributed by atoms with Crippen LogP contribution in [0, 0.1) is 5.92 Å². The van der Waals surface area contributed by atoms with Crippen LogP contribution < -0.4 is 5.32 Å². The molecule has 0 aromatic carbocycles. The molecule has 88 valence electrons. The summed E-state index contributed by atoms with van der Waals surface area (Å²) in [6.07, 6.45) is 0.218. The van der Waals surface area contributed by atoms with Gasteiger partial charge in [0, 0.05) is 13.7 Å². The number of carbonyl (C=O) groups is 2. The first-order valence-corrected chi connectivity index (χ1v) is 4.83. The van der Waals surface area contributed by atoms with Crippen molar-refractivity contribution < 1.29 is 19.4 Å². The number of carboxylic acid groups (broad SMARTS) is 1. The standard InChI is InChI=1S/C10H19NO4/c1-7(9(13)14)6-11-8(12)5-10(2,3)15-4/h7H,5-6H2,1-4H3,(H,11,12)(H,13,14). The van der Waals surface area contributed by atoms with Crippen molar-refractivity contribution in [3.8, 4) is 0 Å². The molecular weight excluding hydrogens is 198 g/mol. The fourth-order valence-corrected chi connectivity index (χ4v) is 0.876. The van der Waals surface area contributed by atoms with Crippen molar-refractivity contribution in [3.63, 3.8) is 0 Å². The maximum atomic E-state index is 11.4. The summed E-state index contributed by atoms with van der Waals surface area (Å²) in [6, 6.07) is 0. The van der Waals surface area contributed by atoms with Gasteiger partial charge in [0.05, 0.1) is 17.9 Å². The zero-order valence-electron chi connectivity index (χ0n) is 9.66. The third-order valence-electron chi connectivity index (χ3n) is 2.17. The molecule has 0 aliphatic carbocycles. The summed E-state index contributed by atoms with van der Waals surface area (Å²) < 4.78 is 5.09. The molecule has 5 nitrogen and oxygen atoms in total. The molecule has 0 bridgehead atoms. The summed E-state index contributed by atoms with van der Waals surface area (Å²) >= 11 is 0. The second kappa shape index (κ2) is 5.70. The first-order chi connectivity index (χ1) is 6.78. The summed E-state index contributed by atoms with van der Waals surface area (Å²) in [5.74, 6) is -1.68. The summed E-state index contributed by atoms with van der Waals surface area (Å²) in [7, 11) is 1.53. The van der Waals surface area contributed by atoms with E-state index >= 15 is 0 Å². The van der Waals surface area contributed by atoms with Crippen molar-refractivity contribution in [2.45, 2.75) is 32.8 Å². The summed E-state index contributed by atoms with van der Waals surface area (Å²) in [5, 5.41) is 11.2. The van der Waals surface area contributed by atoms with Crippen LogP contribution in [0.25, 0.3) is 0 Å². The zero-order chi connectivity index (χ0) is 12.1. The van der Waals surface area contributed by atoms with E-state index < -0.39 is 17.5 Å². The minimum atomic E-state index is -0.915. The van der Waals surface area contributed by atoms with Crippen LogP contribution in [0.2, 0.25) is 0 Å². The molecule has 1 unspecified atom stereocenters. The fourth-order valence-electron chi connectivity index (χ4n) is 0.876. The van der Waals surface area contributed by atoms with Gasteiger partial charge in [-0.2, -0.15) is 0 Å². The number of methoxy groups -OCH3 is 1. The maximum Gasteiger partial charge on any atom is 0.308 e. The molecule has 0 aromatic heterocycles. The van der Waals surface area contributed by atoms with E-state index in [2.05, 4.69) is 5.32 Å². The average Bonchev–Trinajstić information content (AvgIpc) is 2.13. The number of rotatable bonds is 6. The molecule has 5 heteroatoms. The van der Waals surface area contributed by atoms with Gasteiger partial charge >= 0.3 is 5.97 Å². The largest absolute Gasteiger partial charge is 0.481 e. The van der Waals surface area contributed by atoms with Crippen LogP contribution >= 0.6 is 0 Å². The van der Waals surface area contributed by atoms with Crippen LogP contribution in [-0.2, 0) is 14.3 Å². The molecule has 1 atom stereocenters. The Bertz CT molecular complexity index is 238. The Labute approximate surface area is 89.8 Å². The van der Waals surface area contributed by atoms with E-state index in [4.69, 9.17) is 9.84 Å². The van der Waals surface area contributed by atoms with E-state index in [0.717, 1.165) is 0 Å². The van der Waals surface area contributed by atoms with Crippen molar-refractivity contribution in [3.05, 3.63) is 0 Å². The molecule has 0 rings (SSSR count). The molecule has 0 saturated carbocycles. The molecule has 0 aliphatic rings. The lowest BCUT2D eigenvalue weighted by molar-refractivity contribution is -0.141. The second-order valence-electron chi connectivity index (χ2n) is 4.18. The van der Waals surface area contributed by atoms with Gasteiger partial charge in [-0.25, -0.2) is 0 Å². The molecule has 0 heterocycles. The van der Waals surface area contributed by atoms with E-state index in [9.17, 15) is 9.59 Å². The Morgan fingerprint density at radius 1 is 1.47 bits per heavy atom. The Kier molecular flexibility index (Phi) is 5.28. The van der Waals surface area contributed by atoms with Crippen molar-refractivity contribution in [1.29, 1.82) is 0 Å². The molecule has 0 aliphatic heterocycles. The molecule has 0 aromatic rings. The van der Waals surface area contributed by atoms with Gasteiger partial charge in [0.1, 0.15) is 0 Å². The van der Waals surface area contributed by atoms with E-state index in [1.165, 1.54) is 7.11 Å². The Morgan fingerprint density at radius 2 is 2.00 bits per heavy atom. The smallest absolute Gasteiger partial charge is 0.308 e. The van der Waals surface area contributed by atoms with Crippen molar-refractivity contribution in [2.24, 2.45) is 5.92 Å². The maximum absolute atomic E-state index is 11.4. The van der Waals surface area contributed by atoms with Gasteiger partial charge in [0.25, 0.3) is 0 Å². The number of amides is 1. The molecule has 0 fully saturated rings. The number of carbonyl (C=O) groups excluding carboxylic acids is 1. The monoisotopic (exact) mass is 217 g/mol. The Balaban J connectivity index is 3.91. The van der Waals surface area contributed by atoms with Crippen LogP contribution in [0.3, 0.4) is 0 Å². The molecule has 0 saturated heterocycles. The van der Waals surface area contributed by atoms with Crippen molar-refractivity contribution in [2.75, 3.05) is 13.7 Å². The highest BCUT2D eigenvalue weighted by Gasteiger charge is 2.21. The minimum Gasteiger partial charge on any atom is -0.481 e. The van der Waals surface area contributed by atoms with Gasteiger partial charge in [-0.15, -0.1) is 0 Å². The van der Waals surface area contributed by atoms with Gasteiger partial charge in [0.15, 0.2) is 0 Å². The van der Waals surface area contributed by atoms with Crippen LogP contribution in [-0.4, -0.2) is 36.2 Å². The van der Waals surface area contributed by atoms with Crippen LogP contribution in [0.5, 0.6) is 0 Å². The lowest BCUT2D eigenvalue weighted by atomic mass is 10.0. The number of carboxylic acids is 1. The number of aliphatic carboxylic acids is 1.